The quantitative estimate of drug-likeness (QED) is 0.510. The van der Waals surface area contributed by atoms with Crippen molar-refractivity contribution in [1.29, 1.82) is 0 Å². The molecule has 4 N–H and O–H groups in total. The van der Waals surface area contributed by atoms with Gasteiger partial charge in [-0.2, -0.15) is 0 Å². The van der Waals surface area contributed by atoms with Crippen molar-refractivity contribution in [3.05, 3.63) is 53.1 Å². The number of likely N-dealkylation sites (tertiary alicyclic amines) is 1. The highest BCUT2D eigenvalue weighted by atomic mass is 16.5. The van der Waals surface area contributed by atoms with Gasteiger partial charge in [-0.05, 0) is 74.8 Å². The number of piperidine rings is 1. The molecule has 1 fully saturated rings. The van der Waals surface area contributed by atoms with Crippen molar-refractivity contribution in [3.8, 4) is 17.0 Å². The number of hydrogen-bond acceptors (Lipinski definition) is 4. The predicted molar refractivity (Wildman–Crippen MR) is 123 cm³/mol. The van der Waals surface area contributed by atoms with E-state index >= 15 is 0 Å². The van der Waals surface area contributed by atoms with Crippen molar-refractivity contribution in [2.24, 2.45) is 5.73 Å². The highest BCUT2D eigenvalue weighted by Gasteiger charge is 2.27. The van der Waals surface area contributed by atoms with Gasteiger partial charge in [0.15, 0.2) is 0 Å². The summed E-state index contributed by atoms with van der Waals surface area (Å²) in [7, 11) is 0. The maximum atomic E-state index is 12.6. The number of carbonyl (C=O) groups excluding carboxylic acids is 1. The molecule has 3 aromatic rings. The first-order chi connectivity index (χ1) is 15.2. The minimum absolute atomic E-state index is 0.0429. The van der Waals surface area contributed by atoms with Crippen LogP contribution in [0.5, 0.6) is 5.75 Å². The molecule has 2 aliphatic rings. The monoisotopic (exact) mass is 418 g/mol. The molecule has 31 heavy (non-hydrogen) atoms. The molecule has 6 nitrogen and oxygen atoms in total. The van der Waals surface area contributed by atoms with Crippen molar-refractivity contribution >= 4 is 16.8 Å². The highest BCUT2D eigenvalue weighted by Crippen LogP contribution is 2.36. The van der Waals surface area contributed by atoms with E-state index in [1.165, 1.54) is 43.3 Å². The van der Waals surface area contributed by atoms with Gasteiger partial charge in [-0.15, -0.1) is 0 Å². The molecule has 0 saturated carbocycles. The number of hydrogen-bond donors (Lipinski definition) is 3. The summed E-state index contributed by atoms with van der Waals surface area (Å²) < 4.78 is 5.89. The van der Waals surface area contributed by atoms with Gasteiger partial charge in [0.05, 0.1) is 12.2 Å². The van der Waals surface area contributed by atoms with Crippen LogP contribution >= 0.6 is 0 Å². The first-order valence-corrected chi connectivity index (χ1v) is 11.3. The van der Waals surface area contributed by atoms with E-state index in [2.05, 4.69) is 39.5 Å². The van der Waals surface area contributed by atoms with Gasteiger partial charge >= 0.3 is 0 Å². The Morgan fingerprint density at radius 1 is 1.06 bits per heavy atom. The van der Waals surface area contributed by atoms with Gasteiger partial charge < -0.3 is 20.8 Å². The fraction of sp³-hybridized carbons (Fsp3) is 0.400. The second kappa shape index (κ2) is 8.73. The highest BCUT2D eigenvalue weighted by molar-refractivity contribution is 6.05. The number of nitrogens with zero attached hydrogens (tertiary/aromatic N) is 1. The summed E-state index contributed by atoms with van der Waals surface area (Å²) in [6, 6.07) is 12.8. The number of aromatic amines is 1. The normalized spacial score (nSPS) is 16.5. The number of amides is 1. The zero-order valence-electron chi connectivity index (χ0n) is 17.9. The number of ether oxygens (including phenoxy) is 1. The van der Waals surface area contributed by atoms with Crippen molar-refractivity contribution < 1.29 is 9.53 Å². The zero-order chi connectivity index (χ0) is 21.2. The molecule has 162 valence electrons. The third kappa shape index (κ3) is 4.05. The van der Waals surface area contributed by atoms with E-state index in [1.807, 2.05) is 12.1 Å². The van der Waals surface area contributed by atoms with Crippen LogP contribution in [0.15, 0.2) is 36.4 Å². The molecule has 0 aliphatic carbocycles. The molecule has 0 unspecified atom stereocenters. The third-order valence-corrected chi connectivity index (χ3v) is 6.36. The van der Waals surface area contributed by atoms with E-state index in [0.29, 0.717) is 25.3 Å². The topological polar surface area (TPSA) is 83.4 Å². The summed E-state index contributed by atoms with van der Waals surface area (Å²) in [6.07, 6.45) is 4.75. The first-order valence-electron chi connectivity index (χ1n) is 11.3. The smallest absolute Gasteiger partial charge is 0.252 e. The van der Waals surface area contributed by atoms with Crippen LogP contribution in [0.4, 0.5) is 0 Å². The fourth-order valence-electron chi connectivity index (χ4n) is 4.75. The number of rotatable bonds is 7. The second-order valence-corrected chi connectivity index (χ2v) is 8.58. The van der Waals surface area contributed by atoms with Gasteiger partial charge in [-0.1, -0.05) is 12.5 Å². The number of benzene rings is 2. The number of H-pyrrole nitrogens is 1. The molecule has 6 heteroatoms. The van der Waals surface area contributed by atoms with Crippen LogP contribution in [0.2, 0.25) is 0 Å². The molecule has 0 radical (unpaired) electrons. The number of nitrogens with two attached hydrogens (primary N) is 1. The van der Waals surface area contributed by atoms with Crippen LogP contribution in [0.3, 0.4) is 0 Å². The van der Waals surface area contributed by atoms with Crippen LogP contribution in [-0.2, 0) is 13.1 Å². The van der Waals surface area contributed by atoms with Crippen LogP contribution in [0, 0.1) is 0 Å². The van der Waals surface area contributed by atoms with E-state index < -0.39 is 0 Å². The van der Waals surface area contributed by atoms with Gasteiger partial charge in [0.1, 0.15) is 5.75 Å². The van der Waals surface area contributed by atoms with Crippen molar-refractivity contribution in [1.82, 2.24) is 15.2 Å². The van der Waals surface area contributed by atoms with Gasteiger partial charge in [-0.3, -0.25) is 9.69 Å². The Morgan fingerprint density at radius 3 is 2.77 bits per heavy atom. The molecular formula is C25H30N4O2. The lowest BCUT2D eigenvalue weighted by molar-refractivity contribution is 0.0966. The van der Waals surface area contributed by atoms with Gasteiger partial charge in [0.25, 0.3) is 5.91 Å². The minimum Gasteiger partial charge on any atom is -0.493 e. The Labute approximate surface area is 182 Å². The number of nitrogens with one attached hydrogen (secondary N) is 2. The molecule has 2 aliphatic heterocycles. The second-order valence-electron chi connectivity index (χ2n) is 8.58. The van der Waals surface area contributed by atoms with Crippen LogP contribution in [-0.4, -0.2) is 42.0 Å². The van der Waals surface area contributed by atoms with Crippen LogP contribution < -0.4 is 15.8 Å². The molecule has 3 heterocycles. The van der Waals surface area contributed by atoms with E-state index in [4.69, 9.17) is 10.5 Å². The Kier molecular flexibility index (Phi) is 5.66. The zero-order valence-corrected chi connectivity index (χ0v) is 17.9. The van der Waals surface area contributed by atoms with Crippen LogP contribution in [0.1, 0.15) is 47.2 Å². The maximum absolute atomic E-state index is 12.6. The summed E-state index contributed by atoms with van der Waals surface area (Å²) in [4.78, 5) is 18.7. The van der Waals surface area contributed by atoms with Crippen molar-refractivity contribution in [2.45, 2.75) is 38.8 Å². The first kappa shape index (κ1) is 20.1. The van der Waals surface area contributed by atoms with E-state index in [0.717, 1.165) is 41.1 Å². The molecule has 5 rings (SSSR count). The summed E-state index contributed by atoms with van der Waals surface area (Å²) in [6.45, 7) is 5.03. The van der Waals surface area contributed by atoms with Gasteiger partial charge in [-0.25, -0.2) is 0 Å². The van der Waals surface area contributed by atoms with E-state index in [-0.39, 0.29) is 5.91 Å². The number of aromatic nitrogens is 1. The number of fused-ring (bicyclic) bond motifs is 2. The Morgan fingerprint density at radius 2 is 1.94 bits per heavy atom. The average molecular weight is 419 g/mol. The molecule has 1 saturated heterocycles. The van der Waals surface area contributed by atoms with E-state index in [1.54, 1.807) is 0 Å². The third-order valence-electron chi connectivity index (χ3n) is 6.36. The standard InChI is InChI=1S/C25H30N4O2/c26-9-4-12-31-23-8-6-19(24-20(23)15-27-25(24)30)22-14-18-13-17(5-7-21(18)28-22)16-29-10-2-1-3-11-29/h5-8,13-14,28H,1-4,9-12,15-16,26H2,(H,27,30). The predicted octanol–water partition coefficient (Wildman–Crippen LogP) is 3.79. The molecule has 0 bridgehead atoms. The summed E-state index contributed by atoms with van der Waals surface area (Å²) in [5.74, 6) is 0.726. The van der Waals surface area contributed by atoms with Crippen LogP contribution in [0.25, 0.3) is 22.2 Å². The Bertz CT molecular complexity index is 1100. The summed E-state index contributed by atoms with van der Waals surface area (Å²) >= 11 is 0. The Balaban J connectivity index is 1.45. The van der Waals surface area contributed by atoms with Crippen molar-refractivity contribution in [2.75, 3.05) is 26.2 Å². The SMILES string of the molecule is NCCCOc1ccc(-c2cc3cc(CN4CCCCC4)ccc3[nH]2)c2c1CNC2=O. The minimum atomic E-state index is -0.0429. The lowest BCUT2D eigenvalue weighted by atomic mass is 9.99. The largest absolute Gasteiger partial charge is 0.493 e. The summed E-state index contributed by atoms with van der Waals surface area (Å²) in [5, 5.41) is 4.13. The molecular weight excluding hydrogens is 388 g/mol. The Hall–Kier alpha value is -2.83. The van der Waals surface area contributed by atoms with Gasteiger partial charge in [0.2, 0.25) is 0 Å². The number of carbonyl (C=O) groups is 1. The molecule has 1 aromatic heterocycles. The molecule has 1 amide bonds. The maximum Gasteiger partial charge on any atom is 0.252 e. The average Bonchev–Trinajstić information content (AvgIpc) is 3.39. The summed E-state index contributed by atoms with van der Waals surface area (Å²) in [5.41, 5.74) is 11.5. The fourth-order valence-corrected chi connectivity index (χ4v) is 4.75. The van der Waals surface area contributed by atoms with Gasteiger partial charge in [0, 0.05) is 40.8 Å². The van der Waals surface area contributed by atoms with Crippen molar-refractivity contribution in [3.63, 3.8) is 0 Å². The molecule has 2 aromatic carbocycles. The molecule has 0 spiro atoms. The molecule has 0 atom stereocenters. The lowest BCUT2D eigenvalue weighted by Gasteiger charge is -2.26. The lowest BCUT2D eigenvalue weighted by Crippen LogP contribution is -2.28. The van der Waals surface area contributed by atoms with E-state index in [9.17, 15) is 4.79 Å².